The van der Waals surface area contributed by atoms with E-state index in [1.807, 2.05) is 0 Å². The van der Waals surface area contributed by atoms with Crippen molar-refractivity contribution in [1.29, 1.82) is 0 Å². The first-order valence-corrected chi connectivity index (χ1v) is 13.5. The number of rotatable bonds is 5. The molecule has 13 heteroatoms. The molecule has 4 aromatic rings. The third kappa shape index (κ3) is 5.36. The SMILES string of the molecule is CCOC(=O)C1=C(C(F)(F)F)N=c2s/c(=C\c3ccc(-c4ccc(Cl)cc4Cl)o3)c(=O)n2[C@@H]1c1ccc(Cl)cc1. The molecule has 2 aromatic heterocycles. The number of thiazole rings is 1. The van der Waals surface area contributed by atoms with Gasteiger partial charge in [-0.25, -0.2) is 9.79 Å². The van der Waals surface area contributed by atoms with E-state index in [0.29, 0.717) is 26.4 Å². The number of ether oxygens (including phenoxy) is 1. The first-order chi connectivity index (χ1) is 19.0. The summed E-state index contributed by atoms with van der Waals surface area (Å²) in [4.78, 5) is 30.0. The van der Waals surface area contributed by atoms with Crippen LogP contribution >= 0.6 is 46.1 Å². The lowest BCUT2D eigenvalue weighted by Gasteiger charge is -2.26. The smallest absolute Gasteiger partial charge is 0.434 e. The van der Waals surface area contributed by atoms with Gasteiger partial charge in [0.2, 0.25) is 0 Å². The molecule has 0 saturated carbocycles. The van der Waals surface area contributed by atoms with E-state index < -0.39 is 35.0 Å². The highest BCUT2D eigenvalue weighted by Gasteiger charge is 2.45. The summed E-state index contributed by atoms with van der Waals surface area (Å²) in [6, 6.07) is 12.4. The van der Waals surface area contributed by atoms with Crippen molar-refractivity contribution in [3.8, 4) is 11.3 Å². The van der Waals surface area contributed by atoms with Crippen LogP contribution < -0.4 is 14.9 Å². The molecule has 0 bridgehead atoms. The molecule has 5 rings (SSSR count). The Labute approximate surface area is 243 Å². The van der Waals surface area contributed by atoms with Crippen LogP contribution in [-0.4, -0.2) is 23.3 Å². The van der Waals surface area contributed by atoms with Gasteiger partial charge in [0.05, 0.1) is 27.8 Å². The maximum atomic E-state index is 14.2. The molecular formula is C27H16Cl3F3N2O4S. The number of hydrogen-bond donors (Lipinski definition) is 0. The van der Waals surface area contributed by atoms with Crippen LogP contribution in [0.25, 0.3) is 17.4 Å². The fourth-order valence-corrected chi connectivity index (χ4v) is 5.80. The van der Waals surface area contributed by atoms with Crippen molar-refractivity contribution < 1.29 is 27.1 Å². The third-order valence-electron chi connectivity index (χ3n) is 5.88. The number of alkyl halides is 3. The summed E-state index contributed by atoms with van der Waals surface area (Å²) >= 11 is 18.9. The molecule has 6 nitrogen and oxygen atoms in total. The van der Waals surface area contributed by atoms with Gasteiger partial charge >= 0.3 is 12.1 Å². The topological polar surface area (TPSA) is 73.8 Å². The maximum Gasteiger partial charge on any atom is 0.434 e. The summed E-state index contributed by atoms with van der Waals surface area (Å²) in [5, 5.41) is 1.11. The molecule has 1 aliphatic rings. The number of halogens is 6. The summed E-state index contributed by atoms with van der Waals surface area (Å²) in [6.07, 6.45) is -3.62. The van der Waals surface area contributed by atoms with Crippen molar-refractivity contribution in [1.82, 2.24) is 4.57 Å². The fourth-order valence-electron chi connectivity index (χ4n) is 4.19. The van der Waals surface area contributed by atoms with E-state index in [2.05, 4.69) is 4.99 Å². The van der Waals surface area contributed by atoms with Crippen LogP contribution in [0, 0.1) is 0 Å². The molecule has 0 unspecified atom stereocenters. The second-order valence-corrected chi connectivity index (χ2v) is 10.7. The van der Waals surface area contributed by atoms with Crippen molar-refractivity contribution >= 4 is 58.2 Å². The van der Waals surface area contributed by atoms with Gasteiger partial charge in [0, 0.05) is 21.7 Å². The zero-order valence-electron chi connectivity index (χ0n) is 20.3. The Morgan fingerprint density at radius 2 is 1.80 bits per heavy atom. The first-order valence-electron chi connectivity index (χ1n) is 11.6. The van der Waals surface area contributed by atoms with Gasteiger partial charge in [0.1, 0.15) is 11.5 Å². The number of hydrogen-bond acceptors (Lipinski definition) is 6. The summed E-state index contributed by atoms with van der Waals surface area (Å²) in [5.74, 6) is -0.595. The van der Waals surface area contributed by atoms with Gasteiger partial charge in [-0.05, 0) is 55.0 Å². The van der Waals surface area contributed by atoms with Crippen molar-refractivity contribution in [2.45, 2.75) is 19.1 Å². The Kier molecular flexibility index (Phi) is 7.71. The zero-order chi connectivity index (χ0) is 28.8. The molecular weight excluding hydrogens is 612 g/mol. The van der Waals surface area contributed by atoms with Gasteiger partial charge in [-0.2, -0.15) is 13.2 Å². The van der Waals surface area contributed by atoms with E-state index in [0.717, 1.165) is 15.9 Å². The minimum absolute atomic E-state index is 0.0347. The van der Waals surface area contributed by atoms with Crippen molar-refractivity contribution in [2.75, 3.05) is 6.61 Å². The van der Waals surface area contributed by atoms with Gasteiger partial charge < -0.3 is 9.15 Å². The van der Waals surface area contributed by atoms with Gasteiger partial charge in [-0.3, -0.25) is 9.36 Å². The Morgan fingerprint density at radius 1 is 1.10 bits per heavy atom. The number of carbonyl (C=O) groups excluding carboxylic acids is 1. The van der Waals surface area contributed by atoms with Crippen LogP contribution in [0.4, 0.5) is 13.2 Å². The minimum atomic E-state index is -5.00. The van der Waals surface area contributed by atoms with Crippen molar-refractivity contribution in [3.63, 3.8) is 0 Å². The molecule has 0 saturated heterocycles. The third-order valence-corrected chi connectivity index (χ3v) is 7.66. The molecule has 40 heavy (non-hydrogen) atoms. The van der Waals surface area contributed by atoms with E-state index in [1.165, 1.54) is 37.3 Å². The Hall–Kier alpha value is -3.31. The zero-order valence-corrected chi connectivity index (χ0v) is 23.3. The minimum Gasteiger partial charge on any atom is -0.463 e. The lowest BCUT2D eigenvalue weighted by Crippen LogP contribution is -2.41. The molecule has 206 valence electrons. The summed E-state index contributed by atoms with van der Waals surface area (Å²) in [7, 11) is 0. The predicted molar refractivity (Wildman–Crippen MR) is 146 cm³/mol. The van der Waals surface area contributed by atoms with Crippen LogP contribution in [-0.2, 0) is 9.53 Å². The highest BCUT2D eigenvalue weighted by Crippen LogP contribution is 2.38. The van der Waals surface area contributed by atoms with E-state index in [-0.39, 0.29) is 27.3 Å². The van der Waals surface area contributed by atoms with Crippen LogP contribution in [0.5, 0.6) is 0 Å². The normalized spacial score (nSPS) is 15.7. The number of furan rings is 1. The highest BCUT2D eigenvalue weighted by atomic mass is 35.5. The molecule has 0 radical (unpaired) electrons. The number of allylic oxidation sites excluding steroid dienone is 1. The van der Waals surface area contributed by atoms with Gasteiger partial charge in [0.25, 0.3) is 5.56 Å². The van der Waals surface area contributed by atoms with E-state index in [1.54, 1.807) is 30.3 Å². The predicted octanol–water partition coefficient (Wildman–Crippen LogP) is 6.56. The van der Waals surface area contributed by atoms with Crippen molar-refractivity contribution in [3.05, 3.63) is 112 Å². The molecule has 0 spiro atoms. The Bertz CT molecular complexity index is 1840. The Balaban J connectivity index is 1.70. The standard InChI is InChI=1S/C27H16Cl3F3N2O4S/c1-2-38-25(37)21-22(13-3-5-14(28)6-4-13)35-24(36)20(40-26(35)34-23(21)27(31,32)33)12-16-8-10-19(39-16)17-9-7-15(29)11-18(17)30/h3-12,22H,2H2,1H3/b20-12-/t22-/m1/s1. The second-order valence-electron chi connectivity index (χ2n) is 8.44. The summed E-state index contributed by atoms with van der Waals surface area (Å²) < 4.78 is 54.5. The molecule has 0 aliphatic carbocycles. The number of carbonyl (C=O) groups is 1. The first kappa shape index (κ1) is 28.2. The number of fused-ring (bicyclic) bond motifs is 1. The lowest BCUT2D eigenvalue weighted by molar-refractivity contribution is -0.140. The maximum absolute atomic E-state index is 14.2. The van der Waals surface area contributed by atoms with Crippen LogP contribution in [0.15, 0.2) is 80.1 Å². The quantitative estimate of drug-likeness (QED) is 0.235. The number of esters is 1. The monoisotopic (exact) mass is 626 g/mol. The van der Waals surface area contributed by atoms with E-state index >= 15 is 0 Å². The van der Waals surface area contributed by atoms with Gasteiger partial charge in [0.15, 0.2) is 10.5 Å². The van der Waals surface area contributed by atoms with E-state index in [9.17, 15) is 22.8 Å². The largest absolute Gasteiger partial charge is 0.463 e. The van der Waals surface area contributed by atoms with Crippen LogP contribution in [0.3, 0.4) is 0 Å². The number of nitrogens with zero attached hydrogens (tertiary/aromatic N) is 2. The second kappa shape index (κ2) is 10.9. The van der Waals surface area contributed by atoms with E-state index in [4.69, 9.17) is 44.0 Å². The summed E-state index contributed by atoms with van der Waals surface area (Å²) in [5.41, 5.74) is -2.13. The molecule has 0 amide bonds. The Morgan fingerprint density at radius 3 is 2.45 bits per heavy atom. The van der Waals surface area contributed by atoms with Gasteiger partial charge in [-0.1, -0.05) is 58.3 Å². The molecule has 1 atom stereocenters. The molecule has 0 N–H and O–H groups in total. The molecule has 0 fully saturated rings. The van der Waals surface area contributed by atoms with Crippen LogP contribution in [0.1, 0.15) is 24.3 Å². The average molecular weight is 628 g/mol. The highest BCUT2D eigenvalue weighted by molar-refractivity contribution is 7.07. The molecule has 1 aliphatic heterocycles. The number of aromatic nitrogens is 1. The number of benzene rings is 2. The summed E-state index contributed by atoms with van der Waals surface area (Å²) in [6.45, 7) is 1.29. The average Bonchev–Trinajstić information content (AvgIpc) is 3.47. The fraction of sp³-hybridized carbons (Fsp3) is 0.148. The van der Waals surface area contributed by atoms with Crippen LogP contribution in [0.2, 0.25) is 15.1 Å². The van der Waals surface area contributed by atoms with Crippen molar-refractivity contribution in [2.24, 2.45) is 4.99 Å². The molecule has 2 aromatic carbocycles. The lowest BCUT2D eigenvalue weighted by atomic mass is 9.95. The molecule has 3 heterocycles. The van der Waals surface area contributed by atoms with Gasteiger partial charge in [-0.15, -0.1) is 0 Å².